The average Bonchev–Trinajstić information content (AvgIpc) is 2.67. The van der Waals surface area contributed by atoms with Crippen molar-refractivity contribution in [2.24, 2.45) is 5.92 Å². The second-order valence-electron chi connectivity index (χ2n) is 8.47. The van der Waals surface area contributed by atoms with Crippen LogP contribution in [-0.4, -0.2) is 72.2 Å². The number of nitrogens with zero attached hydrogens (tertiary/aromatic N) is 1. The van der Waals surface area contributed by atoms with E-state index in [2.05, 4.69) is 46.8 Å². The van der Waals surface area contributed by atoms with Crippen LogP contribution in [0.15, 0.2) is 24.3 Å². The van der Waals surface area contributed by atoms with E-state index in [9.17, 15) is 9.59 Å². The standard InChI is InChI=1S/C21H35N5O2/c1-16(2)14-22-20(27)21(28)23-15-19(26-12-10-25(5)11-13-26)17-6-8-18(9-7-17)24(3)4/h6-9,16,19H,10-15H2,1-5H3,(H,22,27)(H,23,28)/p+2/t19-/m0/s1. The van der Waals surface area contributed by atoms with E-state index in [0.29, 0.717) is 19.0 Å². The number of piperazine rings is 1. The van der Waals surface area contributed by atoms with Gasteiger partial charge in [-0.2, -0.15) is 0 Å². The zero-order valence-electron chi connectivity index (χ0n) is 18.0. The third-order valence-electron chi connectivity index (χ3n) is 5.39. The van der Waals surface area contributed by atoms with E-state index < -0.39 is 11.8 Å². The number of nitrogens with one attached hydrogen (secondary N) is 4. The molecule has 0 radical (unpaired) electrons. The number of quaternary nitrogens is 2. The molecule has 1 saturated heterocycles. The second-order valence-corrected chi connectivity index (χ2v) is 8.47. The first-order valence-electron chi connectivity index (χ1n) is 10.3. The molecule has 156 valence electrons. The molecular formula is C21H37N5O2+2. The van der Waals surface area contributed by atoms with E-state index in [1.807, 2.05) is 27.9 Å². The molecule has 0 unspecified atom stereocenters. The molecule has 1 aromatic carbocycles. The summed E-state index contributed by atoms with van der Waals surface area (Å²) >= 11 is 0. The summed E-state index contributed by atoms with van der Waals surface area (Å²) in [4.78, 5) is 29.3. The van der Waals surface area contributed by atoms with Crippen molar-refractivity contribution in [3.05, 3.63) is 29.8 Å². The minimum Gasteiger partial charge on any atom is -0.378 e. The Morgan fingerprint density at radius 1 is 0.964 bits per heavy atom. The molecule has 0 aliphatic carbocycles. The zero-order chi connectivity index (χ0) is 20.7. The summed E-state index contributed by atoms with van der Waals surface area (Å²) in [5.74, 6) is -0.778. The molecule has 1 atom stereocenters. The van der Waals surface area contributed by atoms with Crippen LogP contribution in [0.1, 0.15) is 25.5 Å². The maximum absolute atomic E-state index is 12.2. The summed E-state index contributed by atoms with van der Waals surface area (Å²) in [5.41, 5.74) is 2.35. The van der Waals surface area contributed by atoms with Crippen LogP contribution >= 0.6 is 0 Å². The van der Waals surface area contributed by atoms with Gasteiger partial charge in [0, 0.05) is 31.9 Å². The van der Waals surface area contributed by atoms with Gasteiger partial charge >= 0.3 is 11.8 Å². The first kappa shape index (κ1) is 22.2. The van der Waals surface area contributed by atoms with E-state index in [4.69, 9.17) is 0 Å². The van der Waals surface area contributed by atoms with Gasteiger partial charge < -0.3 is 25.3 Å². The van der Waals surface area contributed by atoms with E-state index >= 15 is 0 Å². The normalized spacial score (nSPS) is 20.5. The molecule has 0 saturated carbocycles. The highest BCUT2D eigenvalue weighted by molar-refractivity contribution is 6.35. The molecule has 1 aromatic rings. The van der Waals surface area contributed by atoms with Crippen LogP contribution < -0.4 is 25.3 Å². The minimum atomic E-state index is -0.548. The number of carbonyl (C=O) groups is 2. The quantitative estimate of drug-likeness (QED) is 0.410. The van der Waals surface area contributed by atoms with Crippen LogP contribution in [0.3, 0.4) is 0 Å². The lowest BCUT2D eigenvalue weighted by Gasteiger charge is -2.33. The second kappa shape index (κ2) is 10.4. The van der Waals surface area contributed by atoms with Gasteiger partial charge in [-0.15, -0.1) is 0 Å². The summed E-state index contributed by atoms with van der Waals surface area (Å²) in [6.45, 7) is 9.32. The Kier molecular flexibility index (Phi) is 8.26. The summed E-state index contributed by atoms with van der Waals surface area (Å²) in [7, 11) is 6.27. The fourth-order valence-corrected chi connectivity index (χ4v) is 3.50. The van der Waals surface area contributed by atoms with Crippen molar-refractivity contribution in [2.75, 3.05) is 65.3 Å². The first-order valence-corrected chi connectivity index (χ1v) is 10.3. The molecule has 4 N–H and O–H groups in total. The predicted octanol–water partition coefficient (Wildman–Crippen LogP) is -1.90. The monoisotopic (exact) mass is 391 g/mol. The number of hydrogen-bond acceptors (Lipinski definition) is 3. The topological polar surface area (TPSA) is 70.3 Å². The van der Waals surface area contributed by atoms with E-state index in [1.165, 1.54) is 10.5 Å². The third-order valence-corrected chi connectivity index (χ3v) is 5.39. The lowest BCUT2D eigenvalue weighted by molar-refractivity contribution is -1.02. The Balaban J connectivity index is 2.06. The van der Waals surface area contributed by atoms with Gasteiger partial charge in [0.05, 0.1) is 13.6 Å². The minimum absolute atomic E-state index is 0.145. The van der Waals surface area contributed by atoms with Gasteiger partial charge in [-0.1, -0.05) is 26.0 Å². The number of rotatable bonds is 7. The van der Waals surface area contributed by atoms with Gasteiger partial charge in [0.25, 0.3) is 0 Å². The van der Waals surface area contributed by atoms with Gasteiger partial charge in [-0.25, -0.2) is 0 Å². The van der Waals surface area contributed by atoms with Crippen LogP contribution in [0, 0.1) is 5.92 Å². The average molecular weight is 392 g/mol. The molecule has 0 bridgehead atoms. The molecule has 0 aromatic heterocycles. The Labute approximate surface area is 169 Å². The maximum atomic E-state index is 12.2. The molecule has 1 fully saturated rings. The van der Waals surface area contributed by atoms with Crippen molar-refractivity contribution in [1.82, 2.24) is 10.6 Å². The van der Waals surface area contributed by atoms with Gasteiger partial charge in [-0.05, 0) is 18.1 Å². The Hall–Kier alpha value is -2.12. The van der Waals surface area contributed by atoms with Crippen molar-refractivity contribution < 1.29 is 19.4 Å². The van der Waals surface area contributed by atoms with Crippen LogP contribution in [0.2, 0.25) is 0 Å². The summed E-state index contributed by atoms with van der Waals surface area (Å²) in [6.07, 6.45) is 0. The summed E-state index contributed by atoms with van der Waals surface area (Å²) in [6, 6.07) is 8.65. The van der Waals surface area contributed by atoms with E-state index in [1.54, 1.807) is 4.90 Å². The highest BCUT2D eigenvalue weighted by Gasteiger charge is 2.30. The van der Waals surface area contributed by atoms with Crippen molar-refractivity contribution in [3.63, 3.8) is 0 Å². The van der Waals surface area contributed by atoms with Crippen molar-refractivity contribution in [3.8, 4) is 0 Å². The molecule has 7 heteroatoms. The molecule has 1 aliphatic heterocycles. The van der Waals surface area contributed by atoms with Gasteiger partial charge in [0.1, 0.15) is 32.2 Å². The smallest absolute Gasteiger partial charge is 0.309 e. The molecule has 1 heterocycles. The molecule has 1 aliphatic rings. The number of hydrogen-bond donors (Lipinski definition) is 4. The maximum Gasteiger partial charge on any atom is 0.309 e. The molecular weight excluding hydrogens is 354 g/mol. The van der Waals surface area contributed by atoms with Crippen LogP contribution in [-0.2, 0) is 9.59 Å². The molecule has 0 spiro atoms. The Bertz CT molecular complexity index is 637. The Morgan fingerprint density at radius 3 is 2.00 bits per heavy atom. The van der Waals surface area contributed by atoms with Crippen molar-refractivity contribution in [1.29, 1.82) is 0 Å². The van der Waals surface area contributed by atoms with Gasteiger partial charge in [0.2, 0.25) is 0 Å². The predicted molar refractivity (Wildman–Crippen MR) is 112 cm³/mol. The van der Waals surface area contributed by atoms with Gasteiger partial charge in [0.15, 0.2) is 0 Å². The SMILES string of the molecule is CC(C)CNC(=O)C(=O)NC[C@@H](c1ccc(N(C)C)cc1)[NH+]1CC[NH+](C)CC1. The number of likely N-dealkylation sites (N-methyl/N-ethyl adjacent to an activating group) is 1. The third kappa shape index (κ3) is 6.49. The molecule has 2 amide bonds. The number of carbonyl (C=O) groups excluding carboxylic acids is 2. The lowest BCUT2D eigenvalue weighted by atomic mass is 10.0. The number of amides is 2. The number of benzene rings is 1. The van der Waals surface area contributed by atoms with Crippen LogP contribution in [0.25, 0.3) is 0 Å². The largest absolute Gasteiger partial charge is 0.378 e. The van der Waals surface area contributed by atoms with E-state index in [-0.39, 0.29) is 6.04 Å². The zero-order valence-corrected chi connectivity index (χ0v) is 18.0. The van der Waals surface area contributed by atoms with Gasteiger partial charge in [-0.3, -0.25) is 9.59 Å². The van der Waals surface area contributed by atoms with Crippen molar-refractivity contribution in [2.45, 2.75) is 19.9 Å². The molecule has 28 heavy (non-hydrogen) atoms. The number of anilines is 1. The Morgan fingerprint density at radius 2 is 1.50 bits per heavy atom. The van der Waals surface area contributed by atoms with Crippen LogP contribution in [0.5, 0.6) is 0 Å². The fraction of sp³-hybridized carbons (Fsp3) is 0.619. The molecule has 2 rings (SSSR count). The van der Waals surface area contributed by atoms with Crippen LogP contribution in [0.4, 0.5) is 5.69 Å². The highest BCUT2D eigenvalue weighted by Crippen LogP contribution is 2.16. The van der Waals surface area contributed by atoms with E-state index in [0.717, 1.165) is 31.9 Å². The molecule has 7 nitrogen and oxygen atoms in total. The fourth-order valence-electron chi connectivity index (χ4n) is 3.50. The highest BCUT2D eigenvalue weighted by atomic mass is 16.2. The van der Waals surface area contributed by atoms with Crippen molar-refractivity contribution >= 4 is 17.5 Å². The summed E-state index contributed by atoms with van der Waals surface area (Å²) < 4.78 is 0. The summed E-state index contributed by atoms with van der Waals surface area (Å²) in [5, 5.41) is 5.55. The first-order chi connectivity index (χ1) is 13.3. The lowest BCUT2D eigenvalue weighted by Crippen LogP contribution is -3.27.